The minimum Gasteiger partial charge on any atom is -0.496 e. The van der Waals surface area contributed by atoms with Crippen LogP contribution >= 0.6 is 0 Å². The fourth-order valence-corrected chi connectivity index (χ4v) is 3.00. The fraction of sp³-hybridized carbons (Fsp3) is 0.350. The molecule has 1 heterocycles. The highest BCUT2D eigenvalue weighted by molar-refractivity contribution is 5.86. The molecule has 0 unspecified atom stereocenters. The molecule has 5 nitrogen and oxygen atoms in total. The van der Waals surface area contributed by atoms with Crippen molar-refractivity contribution in [1.29, 1.82) is 0 Å². The highest BCUT2D eigenvalue weighted by Crippen LogP contribution is 2.30. The third-order valence-electron chi connectivity index (χ3n) is 4.39. The van der Waals surface area contributed by atoms with Crippen molar-refractivity contribution in [2.45, 2.75) is 6.92 Å². The zero-order valence-electron chi connectivity index (χ0n) is 15.0. The van der Waals surface area contributed by atoms with Crippen LogP contribution in [0.2, 0.25) is 0 Å². The predicted octanol–water partition coefficient (Wildman–Crippen LogP) is 3.60. The van der Waals surface area contributed by atoms with E-state index in [4.69, 9.17) is 14.2 Å². The monoisotopic (exact) mass is 340 g/mol. The van der Waals surface area contributed by atoms with Gasteiger partial charge in [0, 0.05) is 36.1 Å². The molecule has 0 bridgehead atoms. The van der Waals surface area contributed by atoms with Crippen molar-refractivity contribution < 1.29 is 14.2 Å². The summed E-state index contributed by atoms with van der Waals surface area (Å²) in [4.78, 5) is 6.91. The molecule has 1 fully saturated rings. The van der Waals surface area contributed by atoms with Crippen LogP contribution in [0.4, 0.5) is 11.4 Å². The van der Waals surface area contributed by atoms with Crippen molar-refractivity contribution in [1.82, 2.24) is 0 Å². The summed E-state index contributed by atoms with van der Waals surface area (Å²) in [5.74, 6) is 1.59. The van der Waals surface area contributed by atoms with E-state index in [0.29, 0.717) is 0 Å². The molecule has 0 amide bonds. The Labute approximate surface area is 148 Å². The number of nitrogens with zero attached hydrogens (tertiary/aromatic N) is 2. The maximum absolute atomic E-state index is 5.52. The lowest BCUT2D eigenvalue weighted by molar-refractivity contribution is 0.122. The quantitative estimate of drug-likeness (QED) is 0.780. The van der Waals surface area contributed by atoms with Crippen LogP contribution in [0.25, 0.3) is 0 Å². The number of ether oxygens (including phenoxy) is 3. The summed E-state index contributed by atoms with van der Waals surface area (Å²) < 4.78 is 16.2. The molecule has 25 heavy (non-hydrogen) atoms. The van der Waals surface area contributed by atoms with Gasteiger partial charge in [0.15, 0.2) is 0 Å². The number of benzene rings is 2. The highest BCUT2D eigenvalue weighted by Gasteiger charge is 2.11. The molecule has 0 radical (unpaired) electrons. The van der Waals surface area contributed by atoms with E-state index in [1.54, 1.807) is 14.2 Å². The van der Waals surface area contributed by atoms with Crippen molar-refractivity contribution in [3.05, 3.63) is 47.5 Å². The van der Waals surface area contributed by atoms with Crippen molar-refractivity contribution in [3.63, 3.8) is 0 Å². The summed E-state index contributed by atoms with van der Waals surface area (Å²) in [6.07, 6.45) is 1.83. The summed E-state index contributed by atoms with van der Waals surface area (Å²) in [6, 6.07) is 12.2. The third kappa shape index (κ3) is 3.94. The van der Waals surface area contributed by atoms with E-state index in [-0.39, 0.29) is 0 Å². The van der Waals surface area contributed by atoms with Gasteiger partial charge >= 0.3 is 0 Å². The van der Waals surface area contributed by atoms with E-state index < -0.39 is 0 Å². The van der Waals surface area contributed by atoms with E-state index >= 15 is 0 Å². The Kier molecular flexibility index (Phi) is 5.56. The summed E-state index contributed by atoms with van der Waals surface area (Å²) in [7, 11) is 3.32. The van der Waals surface area contributed by atoms with Gasteiger partial charge in [0.25, 0.3) is 0 Å². The summed E-state index contributed by atoms with van der Waals surface area (Å²) in [5.41, 5.74) is 4.02. The van der Waals surface area contributed by atoms with Gasteiger partial charge in [0.05, 0.1) is 33.1 Å². The van der Waals surface area contributed by atoms with Crippen LogP contribution in [0.15, 0.2) is 41.4 Å². The number of aliphatic imine (C=N–C) groups is 1. The molecule has 2 aromatic rings. The van der Waals surface area contributed by atoms with Crippen LogP contribution in [-0.4, -0.2) is 46.7 Å². The Morgan fingerprint density at radius 2 is 1.72 bits per heavy atom. The Morgan fingerprint density at radius 3 is 2.36 bits per heavy atom. The highest BCUT2D eigenvalue weighted by atomic mass is 16.5. The van der Waals surface area contributed by atoms with Gasteiger partial charge in [-0.1, -0.05) is 0 Å². The maximum Gasteiger partial charge on any atom is 0.134 e. The van der Waals surface area contributed by atoms with Gasteiger partial charge < -0.3 is 19.1 Å². The SMILES string of the molecule is COc1ccc(C=Nc2ccc(N3CCOCC3)cc2)c(OC)c1C. The lowest BCUT2D eigenvalue weighted by atomic mass is 10.1. The van der Waals surface area contributed by atoms with Gasteiger partial charge in [-0.05, 0) is 43.3 Å². The van der Waals surface area contributed by atoms with Crippen molar-refractivity contribution in [3.8, 4) is 11.5 Å². The maximum atomic E-state index is 5.52. The molecule has 2 aromatic carbocycles. The van der Waals surface area contributed by atoms with E-state index in [2.05, 4.69) is 22.0 Å². The lowest BCUT2D eigenvalue weighted by Crippen LogP contribution is -2.36. The molecular weight excluding hydrogens is 316 g/mol. The van der Waals surface area contributed by atoms with E-state index in [9.17, 15) is 0 Å². The van der Waals surface area contributed by atoms with E-state index in [1.165, 1.54) is 5.69 Å². The molecule has 0 aromatic heterocycles. The Bertz CT molecular complexity index is 735. The normalized spacial score (nSPS) is 14.8. The van der Waals surface area contributed by atoms with Crippen molar-refractivity contribution >= 4 is 17.6 Å². The average Bonchev–Trinajstić information content (AvgIpc) is 2.67. The molecule has 0 spiro atoms. The van der Waals surface area contributed by atoms with Crippen LogP contribution in [0.5, 0.6) is 11.5 Å². The zero-order valence-corrected chi connectivity index (χ0v) is 15.0. The van der Waals surface area contributed by atoms with E-state index in [0.717, 1.165) is 54.6 Å². The number of hydrogen-bond acceptors (Lipinski definition) is 5. The van der Waals surface area contributed by atoms with Crippen LogP contribution in [-0.2, 0) is 4.74 Å². The summed E-state index contributed by atoms with van der Waals surface area (Å²) in [6.45, 7) is 5.43. The third-order valence-corrected chi connectivity index (χ3v) is 4.39. The second-order valence-corrected chi connectivity index (χ2v) is 5.89. The summed E-state index contributed by atoms with van der Waals surface area (Å²) in [5, 5.41) is 0. The van der Waals surface area contributed by atoms with Crippen LogP contribution in [0.1, 0.15) is 11.1 Å². The Hall–Kier alpha value is -2.53. The number of morpholine rings is 1. The van der Waals surface area contributed by atoms with Gasteiger partial charge in [0.2, 0.25) is 0 Å². The van der Waals surface area contributed by atoms with Crippen molar-refractivity contribution in [2.24, 2.45) is 4.99 Å². The second-order valence-electron chi connectivity index (χ2n) is 5.89. The number of anilines is 1. The van der Waals surface area contributed by atoms with E-state index in [1.807, 2.05) is 37.4 Å². The standard InChI is InChI=1S/C20H24N2O3/c1-15-19(23-2)9-4-16(20(15)24-3)14-21-17-5-7-18(8-6-17)22-10-12-25-13-11-22/h4-9,14H,10-13H2,1-3H3. The minimum atomic E-state index is 0.785. The molecule has 1 saturated heterocycles. The molecule has 132 valence electrons. The molecule has 0 saturated carbocycles. The number of methoxy groups -OCH3 is 2. The molecule has 5 heteroatoms. The van der Waals surface area contributed by atoms with Crippen molar-refractivity contribution in [2.75, 3.05) is 45.4 Å². The Balaban J connectivity index is 1.77. The molecule has 0 atom stereocenters. The molecule has 3 rings (SSSR count). The van der Waals surface area contributed by atoms with Crippen LogP contribution < -0.4 is 14.4 Å². The first-order valence-corrected chi connectivity index (χ1v) is 8.41. The van der Waals surface area contributed by atoms with Gasteiger partial charge in [-0.2, -0.15) is 0 Å². The first-order valence-electron chi connectivity index (χ1n) is 8.41. The molecule has 1 aliphatic rings. The topological polar surface area (TPSA) is 43.3 Å². The predicted molar refractivity (Wildman–Crippen MR) is 101 cm³/mol. The second kappa shape index (κ2) is 8.03. The first kappa shape index (κ1) is 17.3. The molecular formula is C20H24N2O3. The number of hydrogen-bond donors (Lipinski definition) is 0. The fourth-order valence-electron chi connectivity index (χ4n) is 3.00. The van der Waals surface area contributed by atoms with Crippen LogP contribution in [0.3, 0.4) is 0 Å². The molecule has 1 aliphatic heterocycles. The Morgan fingerprint density at radius 1 is 1.00 bits per heavy atom. The molecule has 0 N–H and O–H groups in total. The van der Waals surface area contributed by atoms with Gasteiger partial charge in [-0.15, -0.1) is 0 Å². The van der Waals surface area contributed by atoms with Gasteiger partial charge in [0.1, 0.15) is 11.5 Å². The zero-order chi connectivity index (χ0) is 17.6. The van der Waals surface area contributed by atoms with Gasteiger partial charge in [-0.3, -0.25) is 4.99 Å². The van der Waals surface area contributed by atoms with Crippen LogP contribution in [0, 0.1) is 6.92 Å². The minimum absolute atomic E-state index is 0.785. The number of rotatable bonds is 5. The largest absolute Gasteiger partial charge is 0.496 e. The first-order chi connectivity index (χ1) is 12.2. The smallest absolute Gasteiger partial charge is 0.134 e. The average molecular weight is 340 g/mol. The lowest BCUT2D eigenvalue weighted by Gasteiger charge is -2.28. The van der Waals surface area contributed by atoms with Gasteiger partial charge in [-0.25, -0.2) is 0 Å². The summed E-state index contributed by atoms with van der Waals surface area (Å²) >= 11 is 0. The molecule has 0 aliphatic carbocycles.